The summed E-state index contributed by atoms with van der Waals surface area (Å²) in [4.78, 5) is 11.5. The number of benzene rings is 1. The Morgan fingerprint density at radius 1 is 1.53 bits per heavy atom. The first kappa shape index (κ1) is 12.2. The van der Waals surface area contributed by atoms with Crippen LogP contribution in [0.3, 0.4) is 0 Å². The number of alkyl halides is 1. The number of aryl methyl sites for hydroxylation is 1. The van der Waals surface area contributed by atoms with Crippen LogP contribution in [0.4, 0.5) is 4.39 Å². The third-order valence-corrected chi connectivity index (χ3v) is 2.63. The molecular formula is C11H12BrFO2. The van der Waals surface area contributed by atoms with Crippen molar-refractivity contribution in [2.24, 2.45) is 0 Å². The fraction of sp³-hybridized carbons (Fsp3) is 0.364. The monoisotopic (exact) mass is 274 g/mol. The smallest absolute Gasteiger partial charge is 0.338 e. The molecule has 0 aliphatic rings. The summed E-state index contributed by atoms with van der Waals surface area (Å²) in [5.74, 6) is -0.894. The molecule has 1 aromatic carbocycles. The van der Waals surface area contributed by atoms with E-state index in [2.05, 4.69) is 15.9 Å². The van der Waals surface area contributed by atoms with Crippen molar-refractivity contribution < 1.29 is 13.9 Å². The molecular weight excluding hydrogens is 263 g/mol. The molecule has 0 aliphatic carbocycles. The molecule has 0 atom stereocenters. The molecule has 2 nitrogen and oxygen atoms in total. The Balaban J connectivity index is 3.20. The van der Waals surface area contributed by atoms with Gasteiger partial charge in [-0.3, -0.25) is 0 Å². The largest absolute Gasteiger partial charge is 0.462 e. The van der Waals surface area contributed by atoms with Crippen molar-refractivity contribution in [3.63, 3.8) is 0 Å². The lowest BCUT2D eigenvalue weighted by atomic mass is 10.0. The minimum atomic E-state index is -0.477. The summed E-state index contributed by atoms with van der Waals surface area (Å²) in [5.41, 5.74) is 1.82. The second kappa shape index (κ2) is 5.26. The maximum atomic E-state index is 13.1. The average Bonchev–Trinajstić information content (AvgIpc) is 2.17. The van der Waals surface area contributed by atoms with Gasteiger partial charge in [0.1, 0.15) is 5.82 Å². The van der Waals surface area contributed by atoms with Crippen LogP contribution in [0.25, 0.3) is 0 Å². The van der Waals surface area contributed by atoms with E-state index in [1.807, 2.05) is 0 Å². The van der Waals surface area contributed by atoms with E-state index in [1.165, 1.54) is 12.1 Å². The van der Waals surface area contributed by atoms with Gasteiger partial charge in [0.15, 0.2) is 0 Å². The Kier molecular flexibility index (Phi) is 4.27. The van der Waals surface area contributed by atoms with E-state index in [4.69, 9.17) is 4.74 Å². The van der Waals surface area contributed by atoms with Gasteiger partial charge in [0.25, 0.3) is 0 Å². The SMILES string of the molecule is CCOC(=O)c1cc(F)cc(C)c1CBr. The van der Waals surface area contributed by atoms with Crippen LogP contribution in [0.2, 0.25) is 0 Å². The summed E-state index contributed by atoms with van der Waals surface area (Å²) in [6, 6.07) is 2.61. The van der Waals surface area contributed by atoms with Crippen molar-refractivity contribution in [1.29, 1.82) is 0 Å². The number of hydrogen-bond donors (Lipinski definition) is 0. The zero-order chi connectivity index (χ0) is 11.4. The number of halogens is 2. The van der Waals surface area contributed by atoms with Gasteiger partial charge in [-0.05, 0) is 37.1 Å². The Labute approximate surface area is 96.6 Å². The lowest BCUT2D eigenvalue weighted by Crippen LogP contribution is -2.09. The number of esters is 1. The number of ether oxygens (including phenoxy) is 1. The van der Waals surface area contributed by atoms with E-state index in [-0.39, 0.29) is 6.61 Å². The van der Waals surface area contributed by atoms with Gasteiger partial charge in [0.05, 0.1) is 12.2 Å². The van der Waals surface area contributed by atoms with Crippen LogP contribution in [0.15, 0.2) is 12.1 Å². The Morgan fingerprint density at radius 3 is 2.73 bits per heavy atom. The maximum absolute atomic E-state index is 13.1. The molecule has 0 fully saturated rings. The average molecular weight is 275 g/mol. The molecule has 0 bridgehead atoms. The van der Waals surface area contributed by atoms with Gasteiger partial charge in [-0.1, -0.05) is 15.9 Å². The summed E-state index contributed by atoms with van der Waals surface area (Å²) in [6.07, 6.45) is 0. The van der Waals surface area contributed by atoms with Crippen LogP contribution in [0.5, 0.6) is 0 Å². The molecule has 0 heterocycles. The fourth-order valence-corrected chi connectivity index (χ4v) is 2.09. The molecule has 0 aliphatic heterocycles. The lowest BCUT2D eigenvalue weighted by molar-refractivity contribution is 0.0524. The van der Waals surface area contributed by atoms with E-state index < -0.39 is 11.8 Å². The van der Waals surface area contributed by atoms with Crippen molar-refractivity contribution in [3.8, 4) is 0 Å². The second-order valence-electron chi connectivity index (χ2n) is 3.10. The minimum absolute atomic E-state index is 0.288. The highest BCUT2D eigenvalue weighted by molar-refractivity contribution is 9.08. The highest BCUT2D eigenvalue weighted by atomic mass is 79.9. The molecule has 1 rings (SSSR count). The first-order valence-electron chi connectivity index (χ1n) is 4.62. The predicted molar refractivity (Wildman–Crippen MR) is 59.7 cm³/mol. The van der Waals surface area contributed by atoms with Crippen molar-refractivity contribution in [2.45, 2.75) is 19.2 Å². The summed E-state index contributed by atoms with van der Waals surface area (Å²) in [5, 5.41) is 0.507. The fourth-order valence-electron chi connectivity index (χ4n) is 1.34. The maximum Gasteiger partial charge on any atom is 0.338 e. The van der Waals surface area contributed by atoms with Crippen molar-refractivity contribution in [3.05, 3.63) is 34.6 Å². The molecule has 1 aromatic rings. The molecule has 15 heavy (non-hydrogen) atoms. The molecule has 0 unspecified atom stereocenters. The second-order valence-corrected chi connectivity index (χ2v) is 3.66. The molecule has 4 heteroatoms. The van der Waals surface area contributed by atoms with Gasteiger partial charge in [0.2, 0.25) is 0 Å². The summed E-state index contributed by atoms with van der Waals surface area (Å²) in [6.45, 7) is 3.77. The van der Waals surface area contributed by atoms with E-state index in [1.54, 1.807) is 13.8 Å². The Bertz CT molecular complexity index is 377. The van der Waals surface area contributed by atoms with Crippen LogP contribution in [-0.4, -0.2) is 12.6 Å². The van der Waals surface area contributed by atoms with E-state index in [0.717, 1.165) is 11.1 Å². The van der Waals surface area contributed by atoms with Crippen LogP contribution in [0, 0.1) is 12.7 Å². The standard InChI is InChI=1S/C11H12BrFO2/c1-3-15-11(14)9-5-8(13)4-7(2)10(9)6-12/h4-5H,3,6H2,1-2H3. The predicted octanol–water partition coefficient (Wildman–Crippen LogP) is 3.21. The van der Waals surface area contributed by atoms with Gasteiger partial charge >= 0.3 is 5.97 Å². The van der Waals surface area contributed by atoms with Crippen LogP contribution >= 0.6 is 15.9 Å². The molecule has 0 saturated heterocycles. The molecule has 0 saturated carbocycles. The summed E-state index contributed by atoms with van der Waals surface area (Å²) < 4.78 is 18.0. The van der Waals surface area contributed by atoms with Gasteiger partial charge in [0, 0.05) is 5.33 Å². The Hall–Kier alpha value is -0.900. The van der Waals surface area contributed by atoms with Crippen molar-refractivity contribution in [1.82, 2.24) is 0 Å². The molecule has 0 aromatic heterocycles. The first-order chi connectivity index (χ1) is 7.10. The van der Waals surface area contributed by atoms with E-state index in [0.29, 0.717) is 10.9 Å². The topological polar surface area (TPSA) is 26.3 Å². The molecule has 0 radical (unpaired) electrons. The molecule has 0 spiro atoms. The zero-order valence-electron chi connectivity index (χ0n) is 8.64. The minimum Gasteiger partial charge on any atom is -0.462 e. The lowest BCUT2D eigenvalue weighted by Gasteiger charge is -2.09. The highest BCUT2D eigenvalue weighted by Gasteiger charge is 2.15. The zero-order valence-corrected chi connectivity index (χ0v) is 10.2. The van der Waals surface area contributed by atoms with Crippen molar-refractivity contribution in [2.75, 3.05) is 6.61 Å². The normalized spacial score (nSPS) is 10.1. The van der Waals surface area contributed by atoms with E-state index >= 15 is 0 Å². The van der Waals surface area contributed by atoms with E-state index in [9.17, 15) is 9.18 Å². The number of hydrogen-bond acceptors (Lipinski definition) is 2. The van der Waals surface area contributed by atoms with Crippen LogP contribution in [0.1, 0.15) is 28.4 Å². The molecule has 0 N–H and O–H groups in total. The van der Waals surface area contributed by atoms with Gasteiger partial charge in [-0.25, -0.2) is 9.18 Å². The first-order valence-corrected chi connectivity index (χ1v) is 5.74. The summed E-state index contributed by atoms with van der Waals surface area (Å²) in [7, 11) is 0. The third-order valence-electron chi connectivity index (χ3n) is 2.07. The molecule has 82 valence electrons. The van der Waals surface area contributed by atoms with Gasteiger partial charge in [-0.2, -0.15) is 0 Å². The summed E-state index contributed by atoms with van der Waals surface area (Å²) >= 11 is 3.27. The Morgan fingerprint density at radius 2 is 2.20 bits per heavy atom. The van der Waals surface area contributed by atoms with Crippen LogP contribution < -0.4 is 0 Å². The number of carbonyl (C=O) groups is 1. The highest BCUT2D eigenvalue weighted by Crippen LogP contribution is 2.20. The number of carbonyl (C=O) groups excluding carboxylic acids is 1. The quantitative estimate of drug-likeness (QED) is 0.625. The molecule has 0 amide bonds. The number of rotatable bonds is 3. The third kappa shape index (κ3) is 2.78. The van der Waals surface area contributed by atoms with Gasteiger partial charge in [-0.15, -0.1) is 0 Å². The van der Waals surface area contributed by atoms with Crippen LogP contribution in [-0.2, 0) is 10.1 Å². The van der Waals surface area contributed by atoms with Gasteiger partial charge < -0.3 is 4.74 Å². The van der Waals surface area contributed by atoms with Crippen molar-refractivity contribution >= 4 is 21.9 Å².